The zero-order valence-electron chi connectivity index (χ0n) is 12.9. The minimum absolute atomic E-state index is 0.161. The van der Waals surface area contributed by atoms with E-state index in [0.717, 1.165) is 11.0 Å². The highest BCUT2D eigenvalue weighted by atomic mass is 16.7. The minimum atomic E-state index is -0.506. The van der Waals surface area contributed by atoms with Crippen LogP contribution in [-0.2, 0) is 9.31 Å². The van der Waals surface area contributed by atoms with Gasteiger partial charge < -0.3 is 25.8 Å². The van der Waals surface area contributed by atoms with E-state index in [2.05, 4.69) is 4.98 Å². The summed E-state index contributed by atoms with van der Waals surface area (Å²) < 4.78 is 11.9. The molecule has 0 bridgehead atoms. The van der Waals surface area contributed by atoms with Gasteiger partial charge in [0.1, 0.15) is 0 Å². The molecule has 7 heteroatoms. The van der Waals surface area contributed by atoms with Crippen molar-refractivity contribution in [3.63, 3.8) is 0 Å². The Morgan fingerprint density at radius 3 is 2.38 bits per heavy atom. The monoisotopic (exact) mass is 291 g/mol. The summed E-state index contributed by atoms with van der Waals surface area (Å²) in [6, 6.07) is 1.60. The molecule has 6 nitrogen and oxygen atoms in total. The van der Waals surface area contributed by atoms with E-state index < -0.39 is 18.3 Å². The van der Waals surface area contributed by atoms with E-state index in [1.54, 1.807) is 12.3 Å². The van der Waals surface area contributed by atoms with E-state index in [1.807, 2.05) is 33.8 Å². The highest BCUT2D eigenvalue weighted by Crippen LogP contribution is 2.38. The highest BCUT2D eigenvalue weighted by molar-refractivity contribution is 6.55. The van der Waals surface area contributed by atoms with Crippen molar-refractivity contribution in [3.8, 4) is 0 Å². The first-order valence-electron chi connectivity index (χ1n) is 6.90. The second kappa shape index (κ2) is 5.33. The maximum Gasteiger partial charge on any atom is 0.491 e. The van der Waals surface area contributed by atoms with Crippen LogP contribution in [0, 0.1) is 0 Å². The van der Waals surface area contributed by atoms with Crippen LogP contribution in [0.5, 0.6) is 0 Å². The highest BCUT2D eigenvalue weighted by Gasteiger charge is 2.52. The topological polar surface area (TPSA) is 103 Å². The number of anilines is 1. The third-order valence-corrected chi connectivity index (χ3v) is 4.10. The predicted octanol–water partition coefficient (Wildman–Crippen LogP) is 0.931. The number of H-pyrrole nitrogens is 1. The minimum Gasteiger partial charge on any atom is -0.400 e. The average molecular weight is 291 g/mol. The molecule has 21 heavy (non-hydrogen) atoms. The van der Waals surface area contributed by atoms with Crippen molar-refractivity contribution in [1.82, 2.24) is 4.98 Å². The summed E-state index contributed by atoms with van der Waals surface area (Å²) in [5.74, 6) is 0. The summed E-state index contributed by atoms with van der Waals surface area (Å²) in [7, 11) is -0.506. The van der Waals surface area contributed by atoms with E-state index in [1.165, 1.54) is 0 Å². The van der Waals surface area contributed by atoms with Gasteiger partial charge in [0.05, 0.1) is 16.9 Å². The molecule has 1 aliphatic heterocycles. The fourth-order valence-corrected chi connectivity index (χ4v) is 2.03. The van der Waals surface area contributed by atoms with E-state index in [9.17, 15) is 4.79 Å². The number of aromatic amines is 1. The molecule has 0 amide bonds. The van der Waals surface area contributed by atoms with E-state index in [-0.39, 0.29) is 17.8 Å². The Kier molecular flexibility index (Phi) is 4.01. The van der Waals surface area contributed by atoms with Crippen molar-refractivity contribution in [1.29, 1.82) is 0 Å². The van der Waals surface area contributed by atoms with Crippen LogP contribution in [-0.4, -0.2) is 29.8 Å². The number of aromatic nitrogens is 1. The molecule has 0 aromatic carbocycles. The second-order valence-electron chi connectivity index (χ2n) is 6.23. The van der Waals surface area contributed by atoms with Crippen molar-refractivity contribution in [2.24, 2.45) is 5.73 Å². The summed E-state index contributed by atoms with van der Waals surface area (Å²) in [5, 5.41) is 0. The van der Waals surface area contributed by atoms with Crippen LogP contribution in [0.25, 0.3) is 6.08 Å². The number of pyridine rings is 1. The molecule has 2 heterocycles. The third kappa shape index (κ3) is 3.05. The quantitative estimate of drug-likeness (QED) is 0.719. The van der Waals surface area contributed by atoms with Crippen LogP contribution < -0.4 is 17.0 Å². The number of nitrogens with two attached hydrogens (primary N) is 2. The predicted molar refractivity (Wildman–Crippen MR) is 84.6 cm³/mol. The third-order valence-electron chi connectivity index (χ3n) is 4.10. The molecule has 1 saturated heterocycles. The average Bonchev–Trinajstić information content (AvgIpc) is 2.59. The van der Waals surface area contributed by atoms with Crippen molar-refractivity contribution >= 4 is 18.9 Å². The first-order valence-corrected chi connectivity index (χ1v) is 6.90. The molecule has 0 atom stereocenters. The fourth-order valence-electron chi connectivity index (χ4n) is 2.03. The molecule has 1 fully saturated rings. The lowest BCUT2D eigenvalue weighted by Gasteiger charge is -2.32. The molecule has 1 aromatic rings. The summed E-state index contributed by atoms with van der Waals surface area (Å²) in [5.41, 5.74) is 12.0. The van der Waals surface area contributed by atoms with Gasteiger partial charge in [0.2, 0.25) is 0 Å². The van der Waals surface area contributed by atoms with Gasteiger partial charge in [0.15, 0.2) is 0 Å². The lowest BCUT2D eigenvalue weighted by Crippen LogP contribution is -2.41. The molecule has 0 aliphatic carbocycles. The van der Waals surface area contributed by atoms with Crippen molar-refractivity contribution < 1.29 is 9.31 Å². The molecule has 0 radical (unpaired) electrons. The summed E-state index contributed by atoms with van der Waals surface area (Å²) in [4.78, 5) is 13.9. The van der Waals surface area contributed by atoms with Gasteiger partial charge in [-0.05, 0) is 44.8 Å². The summed E-state index contributed by atoms with van der Waals surface area (Å²) >= 11 is 0. The SMILES string of the molecule is CC1(C)OB(C(=Cc2c[nH]c(=O)c(N)c2)CN)OC1(C)C. The standard InChI is InChI=1S/C14H22BN3O3/c1-13(2)14(3,4)21-15(20-13)10(7-16)5-9-6-11(17)12(19)18-8-9/h5-6,8H,7,16-17H2,1-4H3,(H,18,19). The lowest BCUT2D eigenvalue weighted by molar-refractivity contribution is 0.00578. The molecule has 0 unspecified atom stereocenters. The smallest absolute Gasteiger partial charge is 0.400 e. The van der Waals surface area contributed by atoms with E-state index in [4.69, 9.17) is 20.8 Å². The number of rotatable bonds is 3. The van der Waals surface area contributed by atoms with Crippen LogP contribution >= 0.6 is 0 Å². The van der Waals surface area contributed by atoms with Crippen molar-refractivity contribution in [2.45, 2.75) is 38.9 Å². The van der Waals surface area contributed by atoms with Crippen LogP contribution in [0.4, 0.5) is 5.69 Å². The Bertz CT molecular complexity index is 606. The molecule has 2 rings (SSSR count). The molecular formula is C14H22BN3O3. The molecule has 0 saturated carbocycles. The molecule has 1 aliphatic rings. The van der Waals surface area contributed by atoms with Crippen LogP contribution in [0.15, 0.2) is 22.5 Å². The first-order chi connectivity index (χ1) is 9.66. The van der Waals surface area contributed by atoms with Crippen molar-refractivity contribution in [2.75, 3.05) is 12.3 Å². The Morgan fingerprint density at radius 1 is 1.33 bits per heavy atom. The molecule has 114 valence electrons. The Morgan fingerprint density at radius 2 is 1.90 bits per heavy atom. The number of nitrogen functional groups attached to an aromatic ring is 1. The van der Waals surface area contributed by atoms with Gasteiger partial charge in [-0.3, -0.25) is 4.79 Å². The zero-order chi connectivity index (χ0) is 15.8. The molecule has 1 aromatic heterocycles. The normalized spacial score (nSPS) is 20.8. The van der Waals surface area contributed by atoms with Gasteiger partial charge in [-0.15, -0.1) is 0 Å². The van der Waals surface area contributed by atoms with Crippen LogP contribution in [0.1, 0.15) is 33.3 Å². The van der Waals surface area contributed by atoms with Gasteiger partial charge in [-0.2, -0.15) is 0 Å². The van der Waals surface area contributed by atoms with Crippen LogP contribution in [0.2, 0.25) is 0 Å². The molecular weight excluding hydrogens is 269 g/mol. The summed E-state index contributed by atoms with van der Waals surface area (Å²) in [6.07, 6.45) is 3.41. The van der Waals surface area contributed by atoms with Gasteiger partial charge in [0.25, 0.3) is 5.56 Å². The Labute approximate surface area is 124 Å². The summed E-state index contributed by atoms with van der Waals surface area (Å²) in [6.45, 7) is 8.23. The van der Waals surface area contributed by atoms with Gasteiger partial charge in [-0.1, -0.05) is 6.08 Å². The largest absolute Gasteiger partial charge is 0.491 e. The second-order valence-corrected chi connectivity index (χ2v) is 6.23. The number of hydrogen-bond donors (Lipinski definition) is 3. The first kappa shape index (κ1) is 15.8. The lowest BCUT2D eigenvalue weighted by atomic mass is 9.77. The van der Waals surface area contributed by atoms with Gasteiger partial charge in [0, 0.05) is 12.7 Å². The Hall–Kier alpha value is -1.57. The number of hydrogen-bond acceptors (Lipinski definition) is 5. The van der Waals surface area contributed by atoms with Crippen LogP contribution in [0.3, 0.4) is 0 Å². The van der Waals surface area contributed by atoms with Crippen molar-refractivity contribution in [3.05, 3.63) is 33.7 Å². The van der Waals surface area contributed by atoms with E-state index >= 15 is 0 Å². The zero-order valence-corrected chi connectivity index (χ0v) is 12.9. The van der Waals surface area contributed by atoms with E-state index in [0.29, 0.717) is 0 Å². The fraction of sp³-hybridized carbons (Fsp3) is 0.500. The maximum atomic E-state index is 11.3. The Balaban J connectivity index is 2.30. The maximum absolute atomic E-state index is 11.3. The molecule has 0 spiro atoms. The number of nitrogens with one attached hydrogen (secondary N) is 1. The molecule has 5 N–H and O–H groups in total. The van der Waals surface area contributed by atoms with Gasteiger partial charge >= 0.3 is 7.12 Å². The van der Waals surface area contributed by atoms with Gasteiger partial charge in [-0.25, -0.2) is 0 Å².